The third-order valence-electron chi connectivity index (χ3n) is 7.04. The maximum atomic E-state index is 13.1. The molecule has 7 nitrogen and oxygen atoms in total. The molecule has 2 aliphatic rings. The van der Waals surface area contributed by atoms with E-state index < -0.39 is 0 Å². The molecule has 0 radical (unpaired) electrons. The van der Waals surface area contributed by atoms with E-state index >= 15 is 0 Å². The van der Waals surface area contributed by atoms with Crippen LogP contribution in [0.2, 0.25) is 5.02 Å². The molecular formula is C26H33ClN6O. The number of hydrogen-bond donors (Lipinski definition) is 1. The first-order chi connectivity index (χ1) is 16.6. The van der Waals surface area contributed by atoms with E-state index in [0.717, 1.165) is 67.4 Å². The highest BCUT2D eigenvalue weighted by Gasteiger charge is 2.24. The molecule has 0 saturated carbocycles. The second-order valence-electron chi connectivity index (χ2n) is 9.57. The Morgan fingerprint density at radius 2 is 1.82 bits per heavy atom. The fourth-order valence-corrected chi connectivity index (χ4v) is 5.36. The third-order valence-corrected chi connectivity index (χ3v) is 7.27. The summed E-state index contributed by atoms with van der Waals surface area (Å²) in [6.45, 7) is 4.86. The van der Waals surface area contributed by atoms with Crippen molar-refractivity contribution in [3.8, 4) is 0 Å². The number of anilines is 1. The highest BCUT2D eigenvalue weighted by atomic mass is 35.5. The van der Waals surface area contributed by atoms with Crippen LogP contribution in [-0.2, 0) is 13.6 Å². The molecule has 8 heteroatoms. The average molecular weight is 481 g/mol. The van der Waals surface area contributed by atoms with Gasteiger partial charge in [0.2, 0.25) is 0 Å². The summed E-state index contributed by atoms with van der Waals surface area (Å²) in [5.41, 5.74) is 2.46. The first-order valence-corrected chi connectivity index (χ1v) is 12.8. The summed E-state index contributed by atoms with van der Waals surface area (Å²) in [6, 6.07) is 12.2. The van der Waals surface area contributed by atoms with Crippen molar-refractivity contribution in [3.63, 3.8) is 0 Å². The quantitative estimate of drug-likeness (QED) is 0.586. The van der Waals surface area contributed by atoms with E-state index in [1.807, 2.05) is 37.4 Å². The molecule has 34 heavy (non-hydrogen) atoms. The van der Waals surface area contributed by atoms with Gasteiger partial charge in [0.15, 0.2) is 11.3 Å². The highest BCUT2D eigenvalue weighted by Crippen LogP contribution is 2.24. The molecule has 1 N–H and O–H groups in total. The minimum absolute atomic E-state index is 0.108. The number of amides is 1. The number of aryl methyl sites for hydroxylation is 1. The van der Waals surface area contributed by atoms with Crippen molar-refractivity contribution in [1.82, 2.24) is 25.0 Å². The van der Waals surface area contributed by atoms with Gasteiger partial charge in [-0.1, -0.05) is 36.6 Å². The number of nitrogens with zero attached hydrogens (tertiary/aromatic N) is 5. The Morgan fingerprint density at radius 3 is 2.56 bits per heavy atom. The van der Waals surface area contributed by atoms with E-state index in [2.05, 4.69) is 26.3 Å². The minimum atomic E-state index is -0.108. The van der Waals surface area contributed by atoms with Gasteiger partial charge in [-0.2, -0.15) is 5.10 Å². The lowest BCUT2D eigenvalue weighted by molar-refractivity contribution is 0.0904. The Labute approximate surface area is 206 Å². The van der Waals surface area contributed by atoms with Gasteiger partial charge in [0.05, 0.1) is 5.39 Å². The molecule has 0 atom stereocenters. The van der Waals surface area contributed by atoms with Gasteiger partial charge in [-0.05, 0) is 55.5 Å². The summed E-state index contributed by atoms with van der Waals surface area (Å²) in [6.07, 6.45) is 6.83. The van der Waals surface area contributed by atoms with Crippen LogP contribution in [0.4, 0.5) is 5.82 Å². The summed E-state index contributed by atoms with van der Waals surface area (Å²) >= 11 is 6.12. The lowest BCUT2D eigenvalue weighted by atomic mass is 10.0. The summed E-state index contributed by atoms with van der Waals surface area (Å²) < 4.78 is 1.74. The van der Waals surface area contributed by atoms with E-state index in [0.29, 0.717) is 5.69 Å². The number of hydrogen-bond acceptors (Lipinski definition) is 5. The standard InChI is InChI=1S/C26H33ClN6O/c1-31-25-22(9-10-23(29-25)33-13-4-2-3-5-14-33)24(30-31)26(34)28-21-11-15-32(16-12-21)18-19-7-6-8-20(27)17-19/h6-10,17,21H,2-5,11-16,18H2,1H3,(H,28,34). The Bertz CT molecular complexity index is 1150. The summed E-state index contributed by atoms with van der Waals surface area (Å²) in [4.78, 5) is 22.8. The second-order valence-corrected chi connectivity index (χ2v) is 10.0. The van der Waals surface area contributed by atoms with Crippen molar-refractivity contribution in [2.24, 2.45) is 7.05 Å². The number of piperidine rings is 1. The predicted octanol–water partition coefficient (Wildman–Crippen LogP) is 4.40. The van der Waals surface area contributed by atoms with Crippen LogP contribution < -0.4 is 10.2 Å². The molecule has 0 spiro atoms. The summed E-state index contributed by atoms with van der Waals surface area (Å²) in [5.74, 6) is 0.875. The zero-order valence-electron chi connectivity index (χ0n) is 19.8. The first-order valence-electron chi connectivity index (χ1n) is 12.4. The molecule has 0 unspecified atom stereocenters. The topological polar surface area (TPSA) is 66.3 Å². The van der Waals surface area contributed by atoms with Crippen LogP contribution in [0.15, 0.2) is 36.4 Å². The monoisotopic (exact) mass is 480 g/mol. The molecule has 4 heterocycles. The molecule has 180 valence electrons. The van der Waals surface area contributed by atoms with Crippen molar-refractivity contribution in [2.75, 3.05) is 31.1 Å². The number of pyridine rings is 1. The van der Waals surface area contributed by atoms with E-state index in [1.165, 1.54) is 31.2 Å². The van der Waals surface area contributed by atoms with Crippen LogP contribution in [0.1, 0.15) is 54.6 Å². The number of rotatable bonds is 5. The van der Waals surface area contributed by atoms with E-state index in [1.54, 1.807) is 4.68 Å². The zero-order valence-corrected chi connectivity index (χ0v) is 20.6. The fraction of sp³-hybridized carbons (Fsp3) is 0.500. The molecule has 5 rings (SSSR count). The number of halogens is 1. The molecule has 2 fully saturated rings. The highest BCUT2D eigenvalue weighted by molar-refractivity contribution is 6.30. The Kier molecular flexibility index (Phi) is 7.02. The maximum absolute atomic E-state index is 13.1. The van der Waals surface area contributed by atoms with Crippen LogP contribution in [0, 0.1) is 0 Å². The second kappa shape index (κ2) is 10.3. The maximum Gasteiger partial charge on any atom is 0.272 e. The van der Waals surface area contributed by atoms with Crippen molar-refractivity contribution >= 4 is 34.4 Å². The molecule has 0 bridgehead atoms. The van der Waals surface area contributed by atoms with Gasteiger partial charge < -0.3 is 10.2 Å². The van der Waals surface area contributed by atoms with Crippen LogP contribution in [-0.4, -0.2) is 57.8 Å². The minimum Gasteiger partial charge on any atom is -0.357 e. The largest absolute Gasteiger partial charge is 0.357 e. The van der Waals surface area contributed by atoms with Gasteiger partial charge in [-0.15, -0.1) is 0 Å². The zero-order chi connectivity index (χ0) is 23.5. The number of carbonyl (C=O) groups is 1. The molecular weight excluding hydrogens is 448 g/mol. The molecule has 2 aromatic heterocycles. The number of aromatic nitrogens is 3. The summed E-state index contributed by atoms with van der Waals surface area (Å²) in [5, 5.41) is 9.35. The normalized spacial score (nSPS) is 18.2. The van der Waals surface area contributed by atoms with Gasteiger partial charge in [0.1, 0.15) is 5.82 Å². The number of nitrogens with one attached hydrogen (secondary N) is 1. The number of benzene rings is 1. The lowest BCUT2D eigenvalue weighted by Gasteiger charge is -2.32. The molecule has 1 amide bonds. The van der Waals surface area contributed by atoms with E-state index in [4.69, 9.17) is 16.6 Å². The summed E-state index contributed by atoms with van der Waals surface area (Å²) in [7, 11) is 1.87. The number of fused-ring (bicyclic) bond motifs is 1. The molecule has 2 saturated heterocycles. The van der Waals surface area contributed by atoms with Crippen molar-refractivity contribution in [1.29, 1.82) is 0 Å². The van der Waals surface area contributed by atoms with Crippen molar-refractivity contribution < 1.29 is 4.79 Å². The molecule has 3 aromatic rings. The van der Waals surface area contributed by atoms with Crippen LogP contribution in [0.3, 0.4) is 0 Å². The molecule has 2 aliphatic heterocycles. The third kappa shape index (κ3) is 5.20. The van der Waals surface area contributed by atoms with Crippen LogP contribution >= 0.6 is 11.6 Å². The van der Waals surface area contributed by atoms with Gasteiger partial charge in [-0.3, -0.25) is 9.69 Å². The lowest BCUT2D eigenvalue weighted by Crippen LogP contribution is -2.44. The van der Waals surface area contributed by atoms with E-state index in [-0.39, 0.29) is 11.9 Å². The smallest absolute Gasteiger partial charge is 0.272 e. The van der Waals surface area contributed by atoms with Crippen molar-refractivity contribution in [3.05, 3.63) is 52.7 Å². The SMILES string of the molecule is Cn1nc(C(=O)NC2CCN(Cc3cccc(Cl)c3)CC2)c2ccc(N3CCCCCC3)nc21. The number of likely N-dealkylation sites (tertiary alicyclic amines) is 1. The Hall–Kier alpha value is -2.64. The van der Waals surface area contributed by atoms with Gasteiger partial charge in [-0.25, -0.2) is 9.67 Å². The van der Waals surface area contributed by atoms with E-state index in [9.17, 15) is 4.79 Å². The van der Waals surface area contributed by atoms with Crippen molar-refractivity contribution in [2.45, 2.75) is 51.1 Å². The molecule has 0 aliphatic carbocycles. The molecule has 1 aromatic carbocycles. The Morgan fingerprint density at radius 1 is 1.06 bits per heavy atom. The number of carbonyl (C=O) groups excluding carboxylic acids is 1. The van der Waals surface area contributed by atoms with Gasteiger partial charge in [0.25, 0.3) is 5.91 Å². The predicted molar refractivity (Wildman–Crippen MR) is 136 cm³/mol. The Balaban J connectivity index is 1.21. The van der Waals surface area contributed by atoms with Gasteiger partial charge in [0, 0.05) is 50.8 Å². The first kappa shape index (κ1) is 23.1. The van der Waals surface area contributed by atoms with Crippen LogP contribution in [0.25, 0.3) is 11.0 Å². The van der Waals surface area contributed by atoms with Crippen LogP contribution in [0.5, 0.6) is 0 Å². The fourth-order valence-electron chi connectivity index (χ4n) is 5.15. The van der Waals surface area contributed by atoms with Gasteiger partial charge >= 0.3 is 0 Å². The average Bonchev–Trinajstić information content (AvgIpc) is 3.00.